The molecule has 1 N–H and O–H groups in total. The van der Waals surface area contributed by atoms with E-state index in [-0.39, 0.29) is 11.5 Å². The standard InChI is InChI=1S/C20H19N3O4S/c1-13-7-9-14(10-8-13)23-19(16-11-28(25,26)12-17(16)22-23)21-20(24)15-5-3-4-6-18(15)27-2/h3-10H,11-12H2,1-2H3,(H,21,24). The molecule has 1 aliphatic heterocycles. The van der Waals surface area contributed by atoms with Gasteiger partial charge in [-0.05, 0) is 31.2 Å². The maximum absolute atomic E-state index is 12.9. The molecule has 1 aromatic heterocycles. The maximum atomic E-state index is 12.9. The summed E-state index contributed by atoms with van der Waals surface area (Å²) >= 11 is 0. The first kappa shape index (κ1) is 18.2. The van der Waals surface area contributed by atoms with E-state index in [4.69, 9.17) is 4.74 Å². The summed E-state index contributed by atoms with van der Waals surface area (Å²) in [6.45, 7) is 1.98. The molecular formula is C20H19N3O4S. The van der Waals surface area contributed by atoms with Crippen molar-refractivity contribution in [2.24, 2.45) is 0 Å². The first-order chi connectivity index (χ1) is 13.4. The number of sulfone groups is 1. The Labute approximate surface area is 162 Å². The summed E-state index contributed by atoms with van der Waals surface area (Å²) in [5.74, 6) is 0.147. The molecule has 0 unspecified atom stereocenters. The van der Waals surface area contributed by atoms with Gasteiger partial charge in [0.05, 0.1) is 35.6 Å². The summed E-state index contributed by atoms with van der Waals surface area (Å²) in [6.07, 6.45) is 0. The summed E-state index contributed by atoms with van der Waals surface area (Å²) in [6, 6.07) is 14.5. The van der Waals surface area contributed by atoms with Crippen molar-refractivity contribution in [3.05, 3.63) is 70.9 Å². The third-order valence-corrected chi connectivity index (χ3v) is 6.09. The number of methoxy groups -OCH3 is 1. The quantitative estimate of drug-likeness (QED) is 0.731. The summed E-state index contributed by atoms with van der Waals surface area (Å²) in [4.78, 5) is 12.9. The highest BCUT2D eigenvalue weighted by Gasteiger charge is 2.33. The van der Waals surface area contributed by atoms with Crippen LogP contribution in [0.2, 0.25) is 0 Å². The number of anilines is 1. The van der Waals surface area contributed by atoms with Crippen LogP contribution in [0.15, 0.2) is 48.5 Å². The predicted octanol–water partition coefficient (Wildman–Crippen LogP) is 2.87. The van der Waals surface area contributed by atoms with E-state index in [0.717, 1.165) is 11.3 Å². The Hall–Kier alpha value is -3.13. The number of rotatable bonds is 4. The van der Waals surface area contributed by atoms with Crippen molar-refractivity contribution in [1.82, 2.24) is 9.78 Å². The molecular weight excluding hydrogens is 378 g/mol. The van der Waals surface area contributed by atoms with Gasteiger partial charge in [0, 0.05) is 5.56 Å². The van der Waals surface area contributed by atoms with Gasteiger partial charge in [-0.3, -0.25) is 4.79 Å². The number of carbonyl (C=O) groups excluding carboxylic acids is 1. The molecule has 3 aromatic rings. The Morgan fingerprint density at radius 3 is 2.54 bits per heavy atom. The lowest BCUT2D eigenvalue weighted by molar-refractivity contribution is 0.102. The number of para-hydroxylation sites is 1. The van der Waals surface area contributed by atoms with Crippen LogP contribution in [0.1, 0.15) is 27.2 Å². The van der Waals surface area contributed by atoms with Gasteiger partial charge in [0.15, 0.2) is 9.84 Å². The minimum absolute atomic E-state index is 0.126. The Kier molecular flexibility index (Phi) is 4.43. The zero-order valence-electron chi connectivity index (χ0n) is 15.5. The largest absolute Gasteiger partial charge is 0.496 e. The SMILES string of the molecule is COc1ccccc1C(=O)Nc1c2c(nn1-c1ccc(C)cc1)CS(=O)(=O)C2. The van der Waals surface area contributed by atoms with Crippen LogP contribution in [0, 0.1) is 6.92 Å². The topological polar surface area (TPSA) is 90.3 Å². The molecule has 0 atom stereocenters. The Morgan fingerprint density at radius 2 is 1.82 bits per heavy atom. The van der Waals surface area contributed by atoms with Gasteiger partial charge in [-0.15, -0.1) is 0 Å². The smallest absolute Gasteiger partial charge is 0.260 e. The van der Waals surface area contributed by atoms with Crippen molar-refractivity contribution in [1.29, 1.82) is 0 Å². The van der Waals surface area contributed by atoms with Crippen LogP contribution in [0.5, 0.6) is 5.75 Å². The number of nitrogens with one attached hydrogen (secondary N) is 1. The summed E-state index contributed by atoms with van der Waals surface area (Å²) < 4.78 is 31.0. The third-order valence-electron chi connectivity index (χ3n) is 4.65. The number of benzene rings is 2. The number of aromatic nitrogens is 2. The second-order valence-electron chi connectivity index (χ2n) is 6.71. The third kappa shape index (κ3) is 3.27. The minimum Gasteiger partial charge on any atom is -0.496 e. The average molecular weight is 397 g/mol. The van der Waals surface area contributed by atoms with E-state index < -0.39 is 15.7 Å². The summed E-state index contributed by atoms with van der Waals surface area (Å²) in [5, 5.41) is 7.32. The molecule has 0 fully saturated rings. The Morgan fingerprint density at radius 1 is 1.11 bits per heavy atom. The number of aryl methyl sites for hydroxylation is 1. The highest BCUT2D eigenvalue weighted by Crippen LogP contribution is 2.33. The van der Waals surface area contributed by atoms with E-state index in [1.165, 1.54) is 7.11 Å². The van der Waals surface area contributed by atoms with Gasteiger partial charge in [-0.2, -0.15) is 5.10 Å². The molecule has 0 bridgehead atoms. The fraction of sp³-hybridized carbons (Fsp3) is 0.200. The molecule has 28 heavy (non-hydrogen) atoms. The first-order valence-electron chi connectivity index (χ1n) is 8.70. The second-order valence-corrected chi connectivity index (χ2v) is 8.77. The number of ether oxygens (including phenoxy) is 1. The molecule has 0 spiro atoms. The first-order valence-corrected chi connectivity index (χ1v) is 10.5. The Bertz CT molecular complexity index is 1160. The lowest BCUT2D eigenvalue weighted by Crippen LogP contribution is -2.17. The monoisotopic (exact) mass is 397 g/mol. The maximum Gasteiger partial charge on any atom is 0.260 e. The second kappa shape index (κ2) is 6.79. The lowest BCUT2D eigenvalue weighted by atomic mass is 10.2. The fourth-order valence-corrected chi connectivity index (χ4v) is 4.74. The molecule has 2 heterocycles. The zero-order valence-corrected chi connectivity index (χ0v) is 16.3. The van der Waals surface area contributed by atoms with Crippen LogP contribution in [0.4, 0.5) is 5.82 Å². The molecule has 1 aliphatic rings. The molecule has 0 aliphatic carbocycles. The average Bonchev–Trinajstić information content (AvgIpc) is 3.15. The highest BCUT2D eigenvalue weighted by atomic mass is 32.2. The van der Waals surface area contributed by atoms with Crippen LogP contribution in [-0.4, -0.2) is 31.2 Å². The van der Waals surface area contributed by atoms with E-state index >= 15 is 0 Å². The van der Waals surface area contributed by atoms with Gasteiger partial charge in [0.1, 0.15) is 11.6 Å². The molecule has 7 nitrogen and oxygen atoms in total. The van der Waals surface area contributed by atoms with Gasteiger partial charge in [-0.25, -0.2) is 13.1 Å². The normalized spacial score (nSPS) is 14.5. The zero-order chi connectivity index (χ0) is 19.9. The highest BCUT2D eigenvalue weighted by molar-refractivity contribution is 7.90. The molecule has 4 rings (SSSR count). The minimum atomic E-state index is -3.26. The molecule has 144 valence electrons. The molecule has 2 aromatic carbocycles. The number of fused-ring (bicyclic) bond motifs is 1. The number of amides is 1. The van der Waals surface area contributed by atoms with E-state index in [9.17, 15) is 13.2 Å². The fourth-order valence-electron chi connectivity index (χ4n) is 3.25. The van der Waals surface area contributed by atoms with Gasteiger partial charge >= 0.3 is 0 Å². The summed E-state index contributed by atoms with van der Waals surface area (Å²) in [5.41, 5.74) is 3.19. The molecule has 0 saturated carbocycles. The van der Waals surface area contributed by atoms with E-state index in [2.05, 4.69) is 10.4 Å². The number of hydrogen-bond acceptors (Lipinski definition) is 5. The van der Waals surface area contributed by atoms with E-state index in [0.29, 0.717) is 28.4 Å². The molecule has 8 heteroatoms. The Balaban J connectivity index is 1.79. The van der Waals surface area contributed by atoms with Crippen molar-refractivity contribution in [3.8, 4) is 11.4 Å². The molecule has 0 radical (unpaired) electrons. The summed E-state index contributed by atoms with van der Waals surface area (Å²) in [7, 11) is -1.76. The predicted molar refractivity (Wildman–Crippen MR) is 106 cm³/mol. The van der Waals surface area contributed by atoms with Crippen molar-refractivity contribution in [2.45, 2.75) is 18.4 Å². The number of hydrogen-bond donors (Lipinski definition) is 1. The van der Waals surface area contributed by atoms with Crippen molar-refractivity contribution < 1.29 is 17.9 Å². The molecule has 0 saturated heterocycles. The number of nitrogens with zero attached hydrogens (tertiary/aromatic N) is 2. The molecule has 1 amide bonds. The van der Waals surface area contributed by atoms with Crippen LogP contribution in [-0.2, 0) is 21.3 Å². The van der Waals surface area contributed by atoms with Crippen molar-refractivity contribution >= 4 is 21.6 Å². The lowest BCUT2D eigenvalue weighted by Gasteiger charge is -2.13. The van der Waals surface area contributed by atoms with Crippen molar-refractivity contribution in [2.75, 3.05) is 12.4 Å². The van der Waals surface area contributed by atoms with Crippen LogP contribution >= 0.6 is 0 Å². The number of carbonyl (C=O) groups is 1. The van der Waals surface area contributed by atoms with Crippen LogP contribution in [0.25, 0.3) is 5.69 Å². The van der Waals surface area contributed by atoms with Gasteiger partial charge in [0.2, 0.25) is 0 Å². The van der Waals surface area contributed by atoms with Gasteiger partial charge < -0.3 is 10.1 Å². The van der Waals surface area contributed by atoms with Gasteiger partial charge in [-0.1, -0.05) is 29.8 Å². The van der Waals surface area contributed by atoms with E-state index in [1.54, 1.807) is 28.9 Å². The van der Waals surface area contributed by atoms with Crippen LogP contribution in [0.3, 0.4) is 0 Å². The van der Waals surface area contributed by atoms with E-state index in [1.807, 2.05) is 31.2 Å². The van der Waals surface area contributed by atoms with Crippen LogP contribution < -0.4 is 10.1 Å². The van der Waals surface area contributed by atoms with Gasteiger partial charge in [0.25, 0.3) is 5.91 Å². The van der Waals surface area contributed by atoms with Crippen molar-refractivity contribution in [3.63, 3.8) is 0 Å².